The van der Waals surface area contributed by atoms with Gasteiger partial charge in [-0.25, -0.2) is 0 Å². The summed E-state index contributed by atoms with van der Waals surface area (Å²) in [4.78, 5) is 23.7. The Morgan fingerprint density at radius 1 is 0.568 bits per heavy atom. The van der Waals surface area contributed by atoms with Crippen LogP contribution in [0, 0.1) is 11.8 Å². The van der Waals surface area contributed by atoms with Crippen LogP contribution < -0.4 is 0 Å². The van der Waals surface area contributed by atoms with Crippen LogP contribution in [-0.2, 0) is 19.1 Å². The van der Waals surface area contributed by atoms with E-state index in [2.05, 4.69) is 27.7 Å². The summed E-state index contributed by atoms with van der Waals surface area (Å²) in [5.74, 6) is 1.09. The lowest BCUT2D eigenvalue weighted by molar-refractivity contribution is -0.152. The zero-order chi connectivity index (χ0) is 27.6. The molecule has 0 aliphatic carbocycles. The van der Waals surface area contributed by atoms with Gasteiger partial charge in [0.1, 0.15) is 19.3 Å². The molecule has 0 rings (SSSR count). The van der Waals surface area contributed by atoms with Crippen molar-refractivity contribution in [2.45, 2.75) is 169 Å². The van der Waals surface area contributed by atoms with Crippen LogP contribution in [0.15, 0.2) is 0 Å². The number of carbonyl (C=O) groups is 2. The Bertz CT molecular complexity index is 519. The second-order valence-electron chi connectivity index (χ2n) is 11.7. The normalized spacial score (nSPS) is 13.0. The van der Waals surface area contributed by atoms with Crippen LogP contribution in [0.4, 0.5) is 0 Å². The summed E-state index contributed by atoms with van der Waals surface area (Å²) in [6.07, 6.45) is 22.9. The summed E-state index contributed by atoms with van der Waals surface area (Å²) >= 11 is 0. The molecule has 0 fully saturated rings. The van der Waals surface area contributed by atoms with Gasteiger partial charge >= 0.3 is 11.9 Å². The molecule has 0 aliphatic heterocycles. The highest BCUT2D eigenvalue weighted by atomic mass is 16.6. The minimum atomic E-state index is -0.955. The average molecular weight is 527 g/mol. The van der Waals surface area contributed by atoms with E-state index < -0.39 is 6.10 Å². The molecule has 0 saturated heterocycles. The molecule has 5 nitrogen and oxygen atoms in total. The third-order valence-corrected chi connectivity index (χ3v) is 7.31. The Labute approximate surface area is 229 Å². The lowest BCUT2D eigenvalue weighted by atomic mass is 10.00. The Morgan fingerprint density at radius 3 is 1.30 bits per heavy atom. The van der Waals surface area contributed by atoms with Crippen LogP contribution in [0.3, 0.4) is 0 Å². The van der Waals surface area contributed by atoms with Crippen molar-refractivity contribution >= 4 is 11.9 Å². The first-order valence-electron chi connectivity index (χ1n) is 15.8. The predicted molar refractivity (Wildman–Crippen MR) is 155 cm³/mol. The molecule has 0 radical (unpaired) electrons. The third-order valence-electron chi connectivity index (χ3n) is 7.31. The van der Waals surface area contributed by atoms with E-state index in [1.165, 1.54) is 83.5 Å². The topological polar surface area (TPSA) is 72.8 Å². The number of rotatable bonds is 27. The van der Waals surface area contributed by atoms with Gasteiger partial charge in [0.25, 0.3) is 0 Å². The van der Waals surface area contributed by atoms with E-state index in [1.54, 1.807) is 0 Å². The largest absolute Gasteiger partial charge is 0.463 e. The molecule has 5 heteroatoms. The van der Waals surface area contributed by atoms with Crippen LogP contribution in [0.1, 0.15) is 163 Å². The molecule has 1 unspecified atom stereocenters. The smallest absolute Gasteiger partial charge is 0.305 e. The van der Waals surface area contributed by atoms with E-state index in [0.717, 1.165) is 50.4 Å². The van der Waals surface area contributed by atoms with Gasteiger partial charge in [-0.3, -0.25) is 9.59 Å². The van der Waals surface area contributed by atoms with Crippen molar-refractivity contribution in [2.75, 3.05) is 13.2 Å². The van der Waals surface area contributed by atoms with Gasteiger partial charge in [-0.15, -0.1) is 0 Å². The highest BCUT2D eigenvalue weighted by Crippen LogP contribution is 2.15. The molecule has 0 spiro atoms. The van der Waals surface area contributed by atoms with Gasteiger partial charge in [0.2, 0.25) is 0 Å². The molecule has 0 amide bonds. The number of esters is 2. The van der Waals surface area contributed by atoms with Crippen LogP contribution in [0.2, 0.25) is 0 Å². The van der Waals surface area contributed by atoms with E-state index in [4.69, 9.17) is 9.47 Å². The first-order chi connectivity index (χ1) is 17.8. The van der Waals surface area contributed by atoms with Gasteiger partial charge in [-0.1, -0.05) is 137 Å². The van der Waals surface area contributed by atoms with Gasteiger partial charge in [-0.05, 0) is 24.7 Å². The number of hydrogen-bond acceptors (Lipinski definition) is 5. The Kier molecular flexibility index (Phi) is 25.7. The minimum Gasteiger partial charge on any atom is -0.463 e. The molecule has 0 aromatic carbocycles. The summed E-state index contributed by atoms with van der Waals surface area (Å²) in [5.41, 5.74) is 0. The molecular formula is C32H62O5. The Morgan fingerprint density at radius 2 is 0.919 bits per heavy atom. The summed E-state index contributed by atoms with van der Waals surface area (Å²) < 4.78 is 10.3. The quantitative estimate of drug-likeness (QED) is 0.0854. The molecule has 0 aromatic rings. The molecule has 0 heterocycles. The van der Waals surface area contributed by atoms with E-state index in [-0.39, 0.29) is 25.2 Å². The van der Waals surface area contributed by atoms with Crippen LogP contribution in [0.5, 0.6) is 0 Å². The molecule has 2 atom stereocenters. The van der Waals surface area contributed by atoms with E-state index >= 15 is 0 Å². The summed E-state index contributed by atoms with van der Waals surface area (Å²) in [5, 5.41) is 9.93. The number of ether oxygens (including phenoxy) is 2. The third kappa shape index (κ3) is 27.7. The highest BCUT2D eigenvalue weighted by Gasteiger charge is 2.12. The molecule has 0 aliphatic rings. The van der Waals surface area contributed by atoms with Crippen molar-refractivity contribution in [3.8, 4) is 0 Å². The maximum absolute atomic E-state index is 11.9. The molecular weight excluding hydrogens is 464 g/mol. The maximum Gasteiger partial charge on any atom is 0.305 e. The molecule has 0 saturated carbocycles. The van der Waals surface area contributed by atoms with Crippen LogP contribution in [0.25, 0.3) is 0 Å². The first kappa shape index (κ1) is 35.9. The zero-order valence-corrected chi connectivity index (χ0v) is 25.1. The fraction of sp³-hybridized carbons (Fsp3) is 0.938. The fourth-order valence-corrected chi connectivity index (χ4v) is 4.48. The lowest BCUT2D eigenvalue weighted by Gasteiger charge is -2.12. The molecule has 0 bridgehead atoms. The SMILES string of the molecule is CCC(C)CCCCCCCCC(=O)OC[C@@H](O)COC(=O)CCCCCCCCCCCCC(C)C. The minimum absolute atomic E-state index is 0.111. The van der Waals surface area contributed by atoms with E-state index in [1.807, 2.05) is 0 Å². The number of hydrogen-bond donors (Lipinski definition) is 1. The maximum atomic E-state index is 11.9. The highest BCUT2D eigenvalue weighted by molar-refractivity contribution is 5.69. The molecule has 1 N–H and O–H groups in total. The summed E-state index contributed by atoms with van der Waals surface area (Å²) in [7, 11) is 0. The molecule has 220 valence electrons. The number of aliphatic hydroxyl groups is 1. The van der Waals surface area contributed by atoms with Gasteiger partial charge < -0.3 is 14.6 Å². The van der Waals surface area contributed by atoms with Crippen molar-refractivity contribution in [2.24, 2.45) is 11.8 Å². The Hall–Kier alpha value is -1.10. The molecule has 0 aromatic heterocycles. The van der Waals surface area contributed by atoms with Gasteiger partial charge in [-0.2, -0.15) is 0 Å². The van der Waals surface area contributed by atoms with Crippen LogP contribution >= 0.6 is 0 Å². The van der Waals surface area contributed by atoms with Gasteiger partial charge in [0, 0.05) is 12.8 Å². The number of unbranched alkanes of at least 4 members (excludes halogenated alkanes) is 14. The zero-order valence-electron chi connectivity index (χ0n) is 25.1. The van der Waals surface area contributed by atoms with Crippen LogP contribution in [-0.4, -0.2) is 36.4 Å². The van der Waals surface area contributed by atoms with Crippen molar-refractivity contribution < 1.29 is 24.2 Å². The van der Waals surface area contributed by atoms with E-state index in [9.17, 15) is 14.7 Å². The molecule has 37 heavy (non-hydrogen) atoms. The monoisotopic (exact) mass is 526 g/mol. The van der Waals surface area contributed by atoms with Crippen molar-refractivity contribution in [3.05, 3.63) is 0 Å². The number of aliphatic hydroxyl groups excluding tert-OH is 1. The fourth-order valence-electron chi connectivity index (χ4n) is 4.48. The summed E-state index contributed by atoms with van der Waals surface area (Å²) in [6.45, 7) is 8.92. The van der Waals surface area contributed by atoms with Crippen molar-refractivity contribution in [1.82, 2.24) is 0 Å². The summed E-state index contributed by atoms with van der Waals surface area (Å²) in [6, 6.07) is 0. The average Bonchev–Trinajstić information content (AvgIpc) is 2.87. The second-order valence-corrected chi connectivity index (χ2v) is 11.7. The number of carbonyl (C=O) groups excluding carboxylic acids is 2. The van der Waals surface area contributed by atoms with Crippen molar-refractivity contribution in [3.63, 3.8) is 0 Å². The van der Waals surface area contributed by atoms with Crippen molar-refractivity contribution in [1.29, 1.82) is 0 Å². The lowest BCUT2D eigenvalue weighted by Crippen LogP contribution is -2.25. The standard InChI is InChI=1S/C32H62O5/c1-5-29(4)23-19-15-12-13-17-21-25-32(35)37-27-30(33)26-36-31(34)24-20-16-11-9-7-6-8-10-14-18-22-28(2)3/h28-30,33H,5-27H2,1-4H3/t29?,30-/m0/s1. The predicted octanol–water partition coefficient (Wildman–Crippen LogP) is 8.94. The second kappa shape index (κ2) is 26.5. The first-order valence-corrected chi connectivity index (χ1v) is 15.8. The van der Waals surface area contributed by atoms with E-state index in [0.29, 0.717) is 12.8 Å². The van der Waals surface area contributed by atoms with Gasteiger partial charge in [0.05, 0.1) is 0 Å². The Balaban J connectivity index is 3.45. The van der Waals surface area contributed by atoms with Gasteiger partial charge in [0.15, 0.2) is 0 Å².